The SMILES string of the molecule is CCN(CC)c1ncnc2c1ncn2CC. The Kier molecular flexibility index (Phi) is 3.03. The molecule has 86 valence electrons. The maximum atomic E-state index is 4.40. The second-order valence-electron chi connectivity index (χ2n) is 3.57. The number of nitrogens with zero attached hydrogens (tertiary/aromatic N) is 5. The Morgan fingerprint density at radius 1 is 1.12 bits per heavy atom. The van der Waals surface area contributed by atoms with Crippen LogP contribution in [0.15, 0.2) is 12.7 Å². The zero-order valence-electron chi connectivity index (χ0n) is 10.0. The average molecular weight is 219 g/mol. The van der Waals surface area contributed by atoms with Gasteiger partial charge in [0.2, 0.25) is 0 Å². The van der Waals surface area contributed by atoms with Gasteiger partial charge in [-0.3, -0.25) is 0 Å². The maximum Gasteiger partial charge on any atom is 0.165 e. The molecule has 0 N–H and O–H groups in total. The Balaban J connectivity index is 2.57. The molecule has 0 saturated heterocycles. The molecule has 2 rings (SSSR count). The molecule has 2 heterocycles. The number of anilines is 1. The summed E-state index contributed by atoms with van der Waals surface area (Å²) in [7, 11) is 0. The first-order chi connectivity index (χ1) is 7.81. The molecule has 0 aromatic carbocycles. The highest BCUT2D eigenvalue weighted by molar-refractivity contribution is 5.83. The van der Waals surface area contributed by atoms with E-state index in [0.29, 0.717) is 0 Å². The summed E-state index contributed by atoms with van der Waals surface area (Å²) >= 11 is 0. The fourth-order valence-corrected chi connectivity index (χ4v) is 1.85. The Labute approximate surface area is 95.1 Å². The molecule has 2 aromatic rings. The Bertz CT molecular complexity index is 472. The van der Waals surface area contributed by atoms with Crippen molar-refractivity contribution < 1.29 is 0 Å². The van der Waals surface area contributed by atoms with Crippen molar-refractivity contribution in [2.24, 2.45) is 0 Å². The van der Waals surface area contributed by atoms with Gasteiger partial charge in [0.15, 0.2) is 17.0 Å². The van der Waals surface area contributed by atoms with Gasteiger partial charge in [-0.1, -0.05) is 0 Å². The summed E-state index contributed by atoms with van der Waals surface area (Å²) in [4.78, 5) is 15.2. The number of hydrogen-bond donors (Lipinski definition) is 0. The molecule has 0 aliphatic carbocycles. The van der Waals surface area contributed by atoms with E-state index in [9.17, 15) is 0 Å². The van der Waals surface area contributed by atoms with E-state index in [-0.39, 0.29) is 0 Å². The molecule has 0 bridgehead atoms. The van der Waals surface area contributed by atoms with Crippen molar-refractivity contribution in [2.75, 3.05) is 18.0 Å². The van der Waals surface area contributed by atoms with E-state index in [1.54, 1.807) is 6.33 Å². The molecular formula is C11H17N5. The largest absolute Gasteiger partial charge is 0.355 e. The number of hydrogen-bond acceptors (Lipinski definition) is 4. The van der Waals surface area contributed by atoms with Gasteiger partial charge in [-0.25, -0.2) is 15.0 Å². The zero-order chi connectivity index (χ0) is 11.5. The fourth-order valence-electron chi connectivity index (χ4n) is 1.85. The van der Waals surface area contributed by atoms with Crippen LogP contribution in [0.2, 0.25) is 0 Å². The van der Waals surface area contributed by atoms with E-state index in [1.807, 2.05) is 10.9 Å². The Morgan fingerprint density at radius 3 is 2.50 bits per heavy atom. The first kappa shape index (κ1) is 10.9. The lowest BCUT2D eigenvalue weighted by atomic mass is 10.4. The Hall–Kier alpha value is -1.65. The number of fused-ring (bicyclic) bond motifs is 1. The van der Waals surface area contributed by atoms with E-state index >= 15 is 0 Å². The maximum absolute atomic E-state index is 4.40. The Morgan fingerprint density at radius 2 is 1.88 bits per heavy atom. The summed E-state index contributed by atoms with van der Waals surface area (Å²) in [6.07, 6.45) is 3.44. The van der Waals surface area contributed by atoms with Crippen LogP contribution in [0, 0.1) is 0 Å². The van der Waals surface area contributed by atoms with Gasteiger partial charge in [0.05, 0.1) is 6.33 Å². The molecule has 0 aliphatic heterocycles. The number of rotatable bonds is 4. The van der Waals surface area contributed by atoms with Crippen molar-refractivity contribution >= 4 is 17.0 Å². The average Bonchev–Trinajstić information content (AvgIpc) is 2.74. The highest BCUT2D eigenvalue weighted by Gasteiger charge is 2.12. The second kappa shape index (κ2) is 4.47. The van der Waals surface area contributed by atoms with Crippen LogP contribution in [-0.2, 0) is 6.54 Å². The third-order valence-corrected chi connectivity index (χ3v) is 2.79. The predicted octanol–water partition coefficient (Wildman–Crippen LogP) is 1.69. The van der Waals surface area contributed by atoms with Crippen molar-refractivity contribution in [1.29, 1.82) is 0 Å². The molecule has 0 aliphatic rings. The number of imidazole rings is 1. The van der Waals surface area contributed by atoms with Gasteiger partial charge < -0.3 is 9.47 Å². The molecule has 0 unspecified atom stereocenters. The van der Waals surface area contributed by atoms with Gasteiger partial charge in [0.25, 0.3) is 0 Å². The van der Waals surface area contributed by atoms with Crippen molar-refractivity contribution in [2.45, 2.75) is 27.3 Å². The summed E-state index contributed by atoms with van der Waals surface area (Å²) in [6, 6.07) is 0. The van der Waals surface area contributed by atoms with Gasteiger partial charge in [-0.2, -0.15) is 0 Å². The lowest BCUT2D eigenvalue weighted by Gasteiger charge is -2.19. The molecule has 0 amide bonds. The summed E-state index contributed by atoms with van der Waals surface area (Å²) in [5, 5.41) is 0. The monoisotopic (exact) mass is 219 g/mol. The zero-order valence-corrected chi connectivity index (χ0v) is 10.0. The molecule has 0 atom stereocenters. The van der Waals surface area contributed by atoms with Crippen LogP contribution < -0.4 is 4.90 Å². The van der Waals surface area contributed by atoms with Crippen molar-refractivity contribution in [3.8, 4) is 0 Å². The van der Waals surface area contributed by atoms with Crippen molar-refractivity contribution in [3.63, 3.8) is 0 Å². The smallest absolute Gasteiger partial charge is 0.165 e. The van der Waals surface area contributed by atoms with Gasteiger partial charge in [-0.15, -0.1) is 0 Å². The van der Waals surface area contributed by atoms with Crippen molar-refractivity contribution in [3.05, 3.63) is 12.7 Å². The molecule has 5 nitrogen and oxygen atoms in total. The molecule has 2 aromatic heterocycles. The molecule has 5 heteroatoms. The minimum atomic E-state index is 0.880. The van der Waals surface area contributed by atoms with E-state index in [0.717, 1.165) is 36.6 Å². The van der Waals surface area contributed by atoms with Crippen LogP contribution in [0.5, 0.6) is 0 Å². The second-order valence-corrected chi connectivity index (χ2v) is 3.57. The van der Waals surface area contributed by atoms with Gasteiger partial charge >= 0.3 is 0 Å². The minimum absolute atomic E-state index is 0.880. The fraction of sp³-hybridized carbons (Fsp3) is 0.545. The molecular weight excluding hydrogens is 202 g/mol. The highest BCUT2D eigenvalue weighted by atomic mass is 15.2. The highest BCUT2D eigenvalue weighted by Crippen LogP contribution is 2.20. The normalized spacial score (nSPS) is 10.9. The predicted molar refractivity (Wildman–Crippen MR) is 64.6 cm³/mol. The van der Waals surface area contributed by atoms with E-state index in [2.05, 4.69) is 40.6 Å². The standard InChI is InChI=1S/C11H17N5/c1-4-15(5-2)10-9-11(13-7-12-10)16(6-3)8-14-9/h7-8H,4-6H2,1-3H3. The summed E-state index contributed by atoms with van der Waals surface area (Å²) < 4.78 is 2.03. The van der Waals surface area contributed by atoms with Crippen LogP contribution in [0.25, 0.3) is 11.2 Å². The van der Waals surface area contributed by atoms with Crippen LogP contribution in [-0.4, -0.2) is 32.6 Å². The quantitative estimate of drug-likeness (QED) is 0.785. The van der Waals surface area contributed by atoms with E-state index < -0.39 is 0 Å². The molecule has 0 fully saturated rings. The van der Waals surface area contributed by atoms with Gasteiger partial charge in [0, 0.05) is 19.6 Å². The lowest BCUT2D eigenvalue weighted by molar-refractivity contribution is 0.776. The first-order valence-corrected chi connectivity index (χ1v) is 5.72. The van der Waals surface area contributed by atoms with Crippen molar-refractivity contribution in [1.82, 2.24) is 19.5 Å². The topological polar surface area (TPSA) is 46.8 Å². The minimum Gasteiger partial charge on any atom is -0.355 e. The number of aryl methyl sites for hydroxylation is 1. The lowest BCUT2D eigenvalue weighted by Crippen LogP contribution is -2.23. The number of aromatic nitrogens is 4. The van der Waals surface area contributed by atoms with Crippen LogP contribution in [0.4, 0.5) is 5.82 Å². The third-order valence-electron chi connectivity index (χ3n) is 2.79. The van der Waals surface area contributed by atoms with Gasteiger partial charge in [-0.05, 0) is 20.8 Å². The third kappa shape index (κ3) is 1.62. The summed E-state index contributed by atoms with van der Waals surface area (Å²) in [5.41, 5.74) is 1.81. The van der Waals surface area contributed by atoms with Gasteiger partial charge in [0.1, 0.15) is 6.33 Å². The summed E-state index contributed by atoms with van der Waals surface area (Å²) in [6.45, 7) is 9.07. The van der Waals surface area contributed by atoms with Crippen LogP contribution >= 0.6 is 0 Å². The summed E-state index contributed by atoms with van der Waals surface area (Å²) in [5.74, 6) is 0.933. The molecule has 0 spiro atoms. The molecule has 0 saturated carbocycles. The van der Waals surface area contributed by atoms with E-state index in [4.69, 9.17) is 0 Å². The van der Waals surface area contributed by atoms with Crippen LogP contribution in [0.3, 0.4) is 0 Å². The first-order valence-electron chi connectivity index (χ1n) is 5.72. The van der Waals surface area contributed by atoms with Crippen LogP contribution in [0.1, 0.15) is 20.8 Å². The van der Waals surface area contributed by atoms with E-state index in [1.165, 1.54) is 0 Å². The molecule has 0 radical (unpaired) electrons. The molecule has 16 heavy (non-hydrogen) atoms.